The van der Waals surface area contributed by atoms with Gasteiger partial charge in [-0.3, -0.25) is 10.1 Å². The predicted octanol–water partition coefficient (Wildman–Crippen LogP) is 3.07. The minimum Gasteiger partial charge on any atom is -0.497 e. The molecular weight excluding hydrogens is 318 g/mol. The molecular formula is C15H13N3O4S. The molecule has 0 aliphatic carbocycles. The van der Waals surface area contributed by atoms with Gasteiger partial charge in [-0.05, 0) is 23.6 Å². The van der Waals surface area contributed by atoms with E-state index in [0.29, 0.717) is 23.0 Å². The third-order valence-corrected chi connectivity index (χ3v) is 3.71. The van der Waals surface area contributed by atoms with E-state index < -0.39 is 5.91 Å². The first kappa shape index (κ1) is 15.0. The highest BCUT2D eigenvalue weighted by Crippen LogP contribution is 2.24. The summed E-state index contributed by atoms with van der Waals surface area (Å²) < 4.78 is 15.7. The average molecular weight is 331 g/mol. The summed E-state index contributed by atoms with van der Waals surface area (Å²) in [5, 5.41) is 14.1. The quantitative estimate of drug-likeness (QED) is 0.773. The van der Waals surface area contributed by atoms with Crippen LogP contribution in [0.15, 0.2) is 39.4 Å². The number of hydrogen-bond acceptors (Lipinski definition) is 7. The fourth-order valence-corrected chi connectivity index (χ4v) is 2.51. The van der Waals surface area contributed by atoms with Crippen molar-refractivity contribution in [2.45, 2.75) is 0 Å². The number of aromatic nitrogens is 2. The molecule has 7 nitrogen and oxygen atoms in total. The molecule has 0 spiro atoms. The molecule has 8 heteroatoms. The van der Waals surface area contributed by atoms with Crippen molar-refractivity contribution in [3.63, 3.8) is 0 Å². The van der Waals surface area contributed by atoms with Gasteiger partial charge in [0.05, 0.1) is 14.2 Å². The van der Waals surface area contributed by atoms with E-state index in [1.165, 1.54) is 25.6 Å². The first-order chi connectivity index (χ1) is 11.2. The number of amides is 1. The average Bonchev–Trinajstić information content (AvgIpc) is 3.25. The number of ether oxygens (including phenoxy) is 2. The molecule has 3 aromatic rings. The fraction of sp³-hybridized carbons (Fsp3) is 0.133. The van der Waals surface area contributed by atoms with Gasteiger partial charge in [0.25, 0.3) is 11.8 Å². The van der Waals surface area contributed by atoms with Crippen LogP contribution in [0, 0.1) is 0 Å². The van der Waals surface area contributed by atoms with Crippen LogP contribution >= 0.6 is 11.3 Å². The smallest absolute Gasteiger partial charge is 0.322 e. The largest absolute Gasteiger partial charge is 0.497 e. The van der Waals surface area contributed by atoms with Crippen molar-refractivity contribution >= 4 is 23.3 Å². The maximum absolute atomic E-state index is 12.3. The van der Waals surface area contributed by atoms with Crippen molar-refractivity contribution < 1.29 is 18.7 Å². The molecule has 1 aromatic carbocycles. The second kappa shape index (κ2) is 6.49. The van der Waals surface area contributed by atoms with Gasteiger partial charge < -0.3 is 13.9 Å². The number of methoxy groups -OCH3 is 2. The number of rotatable bonds is 5. The van der Waals surface area contributed by atoms with Crippen LogP contribution in [0.5, 0.6) is 11.5 Å². The van der Waals surface area contributed by atoms with E-state index >= 15 is 0 Å². The standard InChI is InChI=1S/C15H13N3O4S/c1-20-11-5-10(6-12(7-11)21-2)13(19)16-15-18-17-14(22-15)9-3-4-23-8-9/h3-8H,1-2H3,(H,16,18,19). The Kier molecular flexibility index (Phi) is 4.24. The van der Waals surface area contributed by atoms with Crippen LogP contribution in [0.4, 0.5) is 6.01 Å². The molecule has 118 valence electrons. The SMILES string of the molecule is COc1cc(OC)cc(C(=O)Nc2nnc(-c3ccsc3)o2)c1. The van der Waals surface area contributed by atoms with Crippen molar-refractivity contribution in [1.82, 2.24) is 10.2 Å². The summed E-state index contributed by atoms with van der Waals surface area (Å²) in [6, 6.07) is 6.75. The van der Waals surface area contributed by atoms with Gasteiger partial charge in [-0.15, -0.1) is 5.10 Å². The maximum Gasteiger partial charge on any atom is 0.322 e. The van der Waals surface area contributed by atoms with Crippen molar-refractivity contribution in [3.8, 4) is 23.0 Å². The van der Waals surface area contributed by atoms with E-state index in [-0.39, 0.29) is 6.01 Å². The molecule has 23 heavy (non-hydrogen) atoms. The van der Waals surface area contributed by atoms with Gasteiger partial charge in [-0.1, -0.05) is 5.10 Å². The molecule has 0 radical (unpaired) electrons. The lowest BCUT2D eigenvalue weighted by Gasteiger charge is -2.07. The Morgan fingerprint density at radius 1 is 1.17 bits per heavy atom. The predicted molar refractivity (Wildman–Crippen MR) is 85.1 cm³/mol. The Balaban J connectivity index is 1.79. The Labute approximate surface area is 135 Å². The number of benzene rings is 1. The molecule has 0 bridgehead atoms. The highest BCUT2D eigenvalue weighted by molar-refractivity contribution is 7.08. The summed E-state index contributed by atoms with van der Waals surface area (Å²) in [4.78, 5) is 12.3. The van der Waals surface area contributed by atoms with Gasteiger partial charge in [0, 0.05) is 22.6 Å². The minimum atomic E-state index is -0.400. The zero-order valence-electron chi connectivity index (χ0n) is 12.4. The van der Waals surface area contributed by atoms with Crippen LogP contribution in [0.3, 0.4) is 0 Å². The summed E-state index contributed by atoms with van der Waals surface area (Å²) in [5.74, 6) is 0.977. The molecule has 0 atom stereocenters. The molecule has 3 rings (SSSR count). The van der Waals surface area contributed by atoms with Crippen LogP contribution in [-0.2, 0) is 0 Å². The highest BCUT2D eigenvalue weighted by atomic mass is 32.1. The molecule has 2 heterocycles. The number of nitrogens with one attached hydrogen (secondary N) is 1. The van der Waals surface area contributed by atoms with Crippen molar-refractivity contribution in [2.24, 2.45) is 0 Å². The molecule has 0 saturated carbocycles. The zero-order valence-corrected chi connectivity index (χ0v) is 13.2. The van der Waals surface area contributed by atoms with E-state index in [1.807, 2.05) is 16.8 Å². The summed E-state index contributed by atoms with van der Waals surface area (Å²) in [6.07, 6.45) is 0. The normalized spacial score (nSPS) is 10.3. The summed E-state index contributed by atoms with van der Waals surface area (Å²) in [6.45, 7) is 0. The molecule has 1 amide bonds. The topological polar surface area (TPSA) is 86.5 Å². The van der Waals surface area contributed by atoms with Gasteiger partial charge >= 0.3 is 6.01 Å². The molecule has 0 unspecified atom stereocenters. The number of anilines is 1. The Morgan fingerprint density at radius 3 is 2.52 bits per heavy atom. The summed E-state index contributed by atoms with van der Waals surface area (Å²) >= 11 is 1.52. The van der Waals surface area contributed by atoms with Crippen LogP contribution in [0.25, 0.3) is 11.5 Å². The van der Waals surface area contributed by atoms with Gasteiger partial charge in [0.1, 0.15) is 11.5 Å². The molecule has 0 aliphatic heterocycles. The van der Waals surface area contributed by atoms with E-state index in [2.05, 4.69) is 15.5 Å². The molecule has 2 aromatic heterocycles. The van der Waals surface area contributed by atoms with Crippen LogP contribution in [-0.4, -0.2) is 30.3 Å². The number of carbonyl (C=O) groups is 1. The minimum absolute atomic E-state index is 0.0259. The number of thiophene rings is 1. The van der Waals surface area contributed by atoms with Crippen LogP contribution < -0.4 is 14.8 Å². The lowest BCUT2D eigenvalue weighted by Crippen LogP contribution is -2.12. The Morgan fingerprint density at radius 2 is 1.91 bits per heavy atom. The Hall–Kier alpha value is -2.87. The third kappa shape index (κ3) is 3.32. The van der Waals surface area contributed by atoms with Gasteiger partial charge in [0.15, 0.2) is 0 Å². The summed E-state index contributed by atoms with van der Waals surface area (Å²) in [5.41, 5.74) is 1.17. The first-order valence-electron chi connectivity index (χ1n) is 6.60. The van der Waals surface area contributed by atoms with Crippen molar-refractivity contribution in [2.75, 3.05) is 19.5 Å². The molecule has 0 fully saturated rings. The molecule has 1 N–H and O–H groups in total. The van der Waals surface area contributed by atoms with E-state index in [0.717, 1.165) is 5.56 Å². The number of carbonyl (C=O) groups excluding carboxylic acids is 1. The van der Waals surface area contributed by atoms with Crippen LogP contribution in [0.1, 0.15) is 10.4 Å². The molecule has 0 aliphatic rings. The first-order valence-corrected chi connectivity index (χ1v) is 7.54. The third-order valence-electron chi connectivity index (χ3n) is 3.03. The summed E-state index contributed by atoms with van der Waals surface area (Å²) in [7, 11) is 3.03. The second-order valence-electron chi connectivity index (χ2n) is 4.48. The van der Waals surface area contributed by atoms with Gasteiger partial charge in [-0.2, -0.15) is 11.3 Å². The zero-order chi connectivity index (χ0) is 16.2. The van der Waals surface area contributed by atoms with Crippen LogP contribution in [0.2, 0.25) is 0 Å². The number of hydrogen-bond donors (Lipinski definition) is 1. The van der Waals surface area contributed by atoms with Crippen molar-refractivity contribution in [3.05, 3.63) is 40.6 Å². The maximum atomic E-state index is 12.3. The lowest BCUT2D eigenvalue weighted by molar-refractivity contribution is 0.102. The number of nitrogens with zero attached hydrogens (tertiary/aromatic N) is 2. The van der Waals surface area contributed by atoms with Gasteiger partial charge in [0.2, 0.25) is 0 Å². The fourth-order valence-electron chi connectivity index (χ4n) is 1.88. The lowest BCUT2D eigenvalue weighted by atomic mass is 10.2. The van der Waals surface area contributed by atoms with Crippen molar-refractivity contribution in [1.29, 1.82) is 0 Å². The monoisotopic (exact) mass is 331 g/mol. The highest BCUT2D eigenvalue weighted by Gasteiger charge is 2.14. The van der Waals surface area contributed by atoms with E-state index in [1.54, 1.807) is 18.2 Å². The Bertz CT molecular complexity index is 792. The molecule has 0 saturated heterocycles. The van der Waals surface area contributed by atoms with Gasteiger partial charge in [-0.25, -0.2) is 0 Å². The van der Waals surface area contributed by atoms with E-state index in [9.17, 15) is 4.79 Å². The second-order valence-corrected chi connectivity index (χ2v) is 5.26. The van der Waals surface area contributed by atoms with E-state index in [4.69, 9.17) is 13.9 Å².